The zero-order valence-corrected chi connectivity index (χ0v) is 15.9. The summed E-state index contributed by atoms with van der Waals surface area (Å²) >= 11 is 12.9. The first-order chi connectivity index (χ1) is 11.4. The van der Waals surface area contributed by atoms with Gasteiger partial charge in [-0.05, 0) is 6.92 Å². The molecule has 0 radical (unpaired) electrons. The van der Waals surface area contributed by atoms with E-state index in [4.69, 9.17) is 32.7 Å². The second-order valence-corrected chi connectivity index (χ2v) is 6.34. The lowest BCUT2D eigenvalue weighted by Gasteiger charge is -2.32. The number of methoxy groups -OCH3 is 2. The van der Waals surface area contributed by atoms with E-state index in [0.717, 1.165) is 12.1 Å². The highest BCUT2D eigenvalue weighted by Crippen LogP contribution is 2.46. The van der Waals surface area contributed by atoms with E-state index in [-0.39, 0.29) is 5.78 Å². The lowest BCUT2D eigenvalue weighted by atomic mass is 10.0. The quantitative estimate of drug-likeness (QED) is 0.738. The summed E-state index contributed by atoms with van der Waals surface area (Å²) in [6.45, 7) is 3.84. The second kappa shape index (κ2) is 7.99. The van der Waals surface area contributed by atoms with Crippen LogP contribution < -0.4 is 14.4 Å². The van der Waals surface area contributed by atoms with Crippen LogP contribution in [0, 0.1) is 0 Å². The highest BCUT2D eigenvalue weighted by molar-refractivity contribution is 6.41. The van der Waals surface area contributed by atoms with Crippen molar-refractivity contribution in [2.45, 2.75) is 13.3 Å². The van der Waals surface area contributed by atoms with E-state index in [2.05, 4.69) is 0 Å². The molecule has 0 amide bonds. The molecule has 1 aliphatic heterocycles. The number of carbonyl (C=O) groups is 1. The fourth-order valence-corrected chi connectivity index (χ4v) is 3.32. The van der Waals surface area contributed by atoms with Crippen molar-refractivity contribution in [3.63, 3.8) is 0 Å². The van der Waals surface area contributed by atoms with Crippen LogP contribution in [0.15, 0.2) is 17.8 Å². The van der Waals surface area contributed by atoms with Crippen molar-refractivity contribution >= 4 is 34.7 Å². The van der Waals surface area contributed by atoms with Gasteiger partial charge in [0.05, 0.1) is 19.9 Å². The first-order valence-electron chi connectivity index (χ1n) is 7.71. The fourth-order valence-electron chi connectivity index (χ4n) is 2.58. The molecule has 0 atom stereocenters. The van der Waals surface area contributed by atoms with Gasteiger partial charge in [-0.2, -0.15) is 0 Å². The summed E-state index contributed by atoms with van der Waals surface area (Å²) in [4.78, 5) is 16.2. The van der Waals surface area contributed by atoms with Gasteiger partial charge in [0.25, 0.3) is 0 Å². The van der Waals surface area contributed by atoms with Gasteiger partial charge in [-0.15, -0.1) is 0 Å². The number of hydrogen-bond acceptors (Lipinski definition) is 5. The molecule has 0 bridgehead atoms. The summed E-state index contributed by atoms with van der Waals surface area (Å²) in [5, 5.41) is 0.835. The Labute approximate surface area is 152 Å². The molecule has 1 aromatic rings. The maximum absolute atomic E-state index is 12.2. The number of Topliss-reactive ketones (excluding diaryl/α,β-unsaturated/α-hetero) is 1. The van der Waals surface area contributed by atoms with Crippen molar-refractivity contribution in [2.75, 3.05) is 45.8 Å². The molecule has 1 aliphatic rings. The van der Waals surface area contributed by atoms with Gasteiger partial charge in [0.15, 0.2) is 5.78 Å². The summed E-state index contributed by atoms with van der Waals surface area (Å²) in [6, 6.07) is 1.66. The molecule has 2 rings (SSSR count). The molecule has 1 aromatic carbocycles. The standard InChI is InChI=1S/C17H22Cl2N2O3/c1-5-20(2)9-11-10-21(7-6-12(11)22)17-15(18)13(23-3)8-14(24-4)16(17)19/h8-9H,5-7,10H2,1-4H3/b11-9-. The van der Waals surface area contributed by atoms with E-state index < -0.39 is 0 Å². The monoisotopic (exact) mass is 372 g/mol. The second-order valence-electron chi connectivity index (χ2n) is 5.58. The Kier molecular flexibility index (Phi) is 6.24. The highest BCUT2D eigenvalue weighted by Gasteiger charge is 2.28. The number of ketones is 1. The van der Waals surface area contributed by atoms with E-state index in [1.807, 2.05) is 30.0 Å². The van der Waals surface area contributed by atoms with E-state index in [9.17, 15) is 4.79 Å². The third kappa shape index (κ3) is 3.73. The maximum atomic E-state index is 12.2. The SMILES string of the molecule is CCN(C)/C=C1/CN(c2c(Cl)c(OC)cc(OC)c2Cl)CCC1=O. The van der Waals surface area contributed by atoms with E-state index in [0.29, 0.717) is 46.7 Å². The number of ether oxygens (including phenoxy) is 2. The molecule has 0 aliphatic carbocycles. The zero-order chi connectivity index (χ0) is 17.9. The third-order valence-electron chi connectivity index (χ3n) is 4.07. The van der Waals surface area contributed by atoms with Crippen molar-refractivity contribution in [1.29, 1.82) is 0 Å². The maximum Gasteiger partial charge on any atom is 0.163 e. The summed E-state index contributed by atoms with van der Waals surface area (Å²) in [5.41, 5.74) is 1.37. The molecule has 0 aromatic heterocycles. The number of anilines is 1. The molecule has 1 fully saturated rings. The minimum atomic E-state index is 0.147. The average molecular weight is 373 g/mol. The third-order valence-corrected chi connectivity index (χ3v) is 4.80. The minimum absolute atomic E-state index is 0.147. The van der Waals surface area contributed by atoms with E-state index in [1.54, 1.807) is 20.3 Å². The topological polar surface area (TPSA) is 42.0 Å². The van der Waals surface area contributed by atoms with Crippen LogP contribution in [0.3, 0.4) is 0 Å². The fraction of sp³-hybridized carbons (Fsp3) is 0.471. The van der Waals surface area contributed by atoms with Crippen molar-refractivity contribution in [3.05, 3.63) is 27.9 Å². The summed E-state index contributed by atoms with van der Waals surface area (Å²) in [6.07, 6.45) is 2.29. The normalized spacial score (nSPS) is 16.5. The Morgan fingerprint density at radius 1 is 1.25 bits per heavy atom. The first-order valence-corrected chi connectivity index (χ1v) is 8.47. The van der Waals surface area contributed by atoms with Gasteiger partial charge >= 0.3 is 0 Å². The Bertz CT molecular complexity index is 633. The molecule has 5 nitrogen and oxygen atoms in total. The molecular formula is C17H22Cl2N2O3. The lowest BCUT2D eigenvalue weighted by molar-refractivity contribution is -0.116. The number of hydrogen-bond donors (Lipinski definition) is 0. The van der Waals surface area contributed by atoms with Crippen molar-refractivity contribution in [2.24, 2.45) is 0 Å². The molecule has 0 spiro atoms. The summed E-state index contributed by atoms with van der Waals surface area (Å²) < 4.78 is 10.6. The zero-order valence-electron chi connectivity index (χ0n) is 14.4. The van der Waals surface area contributed by atoms with Crippen LogP contribution in [0.1, 0.15) is 13.3 Å². The van der Waals surface area contributed by atoms with E-state index >= 15 is 0 Å². The van der Waals surface area contributed by atoms with Gasteiger partial charge in [0, 0.05) is 50.9 Å². The van der Waals surface area contributed by atoms with Crippen LogP contribution in [0.25, 0.3) is 0 Å². The van der Waals surface area contributed by atoms with Crippen molar-refractivity contribution < 1.29 is 14.3 Å². The number of rotatable bonds is 5. The van der Waals surface area contributed by atoms with Gasteiger partial charge in [-0.1, -0.05) is 23.2 Å². The number of benzene rings is 1. The largest absolute Gasteiger partial charge is 0.495 e. The van der Waals surface area contributed by atoms with Crippen LogP contribution in [0.4, 0.5) is 5.69 Å². The Hall–Kier alpha value is -1.59. The first kappa shape index (κ1) is 18.7. The van der Waals surface area contributed by atoms with Gasteiger partial charge in [-0.25, -0.2) is 0 Å². The molecule has 7 heteroatoms. The van der Waals surface area contributed by atoms with Gasteiger partial charge in [0.2, 0.25) is 0 Å². The average Bonchev–Trinajstić information content (AvgIpc) is 2.57. The molecular weight excluding hydrogens is 351 g/mol. The highest BCUT2D eigenvalue weighted by atomic mass is 35.5. The molecule has 24 heavy (non-hydrogen) atoms. The van der Waals surface area contributed by atoms with Crippen LogP contribution in [-0.4, -0.2) is 51.6 Å². The number of carbonyl (C=O) groups excluding carboxylic acids is 1. The Morgan fingerprint density at radius 3 is 2.33 bits per heavy atom. The molecule has 0 unspecified atom stereocenters. The minimum Gasteiger partial charge on any atom is -0.495 e. The van der Waals surface area contributed by atoms with Crippen LogP contribution >= 0.6 is 23.2 Å². The molecule has 1 saturated heterocycles. The van der Waals surface area contributed by atoms with Gasteiger partial charge < -0.3 is 19.3 Å². The van der Waals surface area contributed by atoms with Crippen molar-refractivity contribution in [1.82, 2.24) is 4.90 Å². The number of nitrogens with zero attached hydrogens (tertiary/aromatic N) is 2. The lowest BCUT2D eigenvalue weighted by Crippen LogP contribution is -2.37. The van der Waals surface area contributed by atoms with Gasteiger partial charge in [-0.3, -0.25) is 4.79 Å². The van der Waals surface area contributed by atoms with Crippen molar-refractivity contribution in [3.8, 4) is 11.5 Å². The van der Waals surface area contributed by atoms with Crippen LogP contribution in [-0.2, 0) is 4.79 Å². The number of piperidine rings is 1. The molecule has 0 saturated carbocycles. The smallest absolute Gasteiger partial charge is 0.163 e. The molecule has 0 N–H and O–H groups in total. The Morgan fingerprint density at radius 2 is 1.83 bits per heavy atom. The summed E-state index contributed by atoms with van der Waals surface area (Å²) in [7, 11) is 5.02. The van der Waals surface area contributed by atoms with Gasteiger partial charge in [0.1, 0.15) is 21.5 Å². The van der Waals surface area contributed by atoms with Crippen LogP contribution in [0.5, 0.6) is 11.5 Å². The molecule has 132 valence electrons. The summed E-state index contributed by atoms with van der Waals surface area (Å²) in [5.74, 6) is 1.12. The number of halogens is 2. The predicted octanol–water partition coefficient (Wildman–Crippen LogP) is 3.63. The molecule has 1 heterocycles. The Balaban J connectivity index is 2.44. The van der Waals surface area contributed by atoms with Crippen LogP contribution in [0.2, 0.25) is 10.0 Å². The predicted molar refractivity (Wildman–Crippen MR) is 97.8 cm³/mol. The van der Waals surface area contributed by atoms with E-state index in [1.165, 1.54) is 0 Å².